The fourth-order valence-electron chi connectivity index (χ4n) is 3.70. The van der Waals surface area contributed by atoms with Crippen molar-refractivity contribution in [2.75, 3.05) is 13.7 Å². The van der Waals surface area contributed by atoms with Gasteiger partial charge in [0.05, 0.1) is 12.7 Å². The summed E-state index contributed by atoms with van der Waals surface area (Å²) < 4.78 is 23.8. The van der Waals surface area contributed by atoms with Gasteiger partial charge >= 0.3 is 5.97 Å². The molecule has 3 aromatic rings. The lowest BCUT2D eigenvalue weighted by Crippen LogP contribution is -2.43. The maximum absolute atomic E-state index is 13.4. The first-order chi connectivity index (χ1) is 14.0. The van der Waals surface area contributed by atoms with E-state index in [0.29, 0.717) is 30.8 Å². The quantitative estimate of drug-likeness (QED) is 0.686. The van der Waals surface area contributed by atoms with Crippen LogP contribution in [0.1, 0.15) is 28.5 Å². The number of H-pyrrole nitrogens is 1. The van der Waals surface area contributed by atoms with E-state index in [0.717, 1.165) is 22.2 Å². The van der Waals surface area contributed by atoms with Gasteiger partial charge in [-0.15, -0.1) is 0 Å². The maximum atomic E-state index is 13.4. The first-order valence-electron chi connectivity index (χ1n) is 9.39. The van der Waals surface area contributed by atoms with Gasteiger partial charge in [-0.05, 0) is 37.3 Å². The van der Waals surface area contributed by atoms with Crippen LogP contribution in [0.5, 0.6) is 5.75 Å². The molecule has 1 amide bonds. The van der Waals surface area contributed by atoms with E-state index < -0.39 is 17.9 Å². The number of carbonyl (C=O) groups is 2. The fraction of sp³-hybridized carbons (Fsp3) is 0.273. The number of aromatic nitrogens is 1. The molecular formula is C22H21FN2O4. The van der Waals surface area contributed by atoms with Crippen molar-refractivity contribution in [3.63, 3.8) is 0 Å². The Bertz CT molecular complexity index is 1090. The van der Waals surface area contributed by atoms with Crippen LogP contribution < -0.4 is 4.74 Å². The molecule has 1 aliphatic rings. The Hall–Kier alpha value is -3.35. The number of fused-ring (bicyclic) bond motifs is 3. The molecule has 7 heteroatoms. The summed E-state index contributed by atoms with van der Waals surface area (Å²) >= 11 is 0. The summed E-state index contributed by atoms with van der Waals surface area (Å²) in [6.07, 6.45) is -0.0649. The number of carbonyl (C=O) groups excluding carboxylic acids is 2. The standard InChI is InChI=1S/C22H21FN2O4/c1-13(29-16-5-3-4-15(23)11-16)21(26)25-9-8-20-18(12-25)17-10-14(22(27)28-2)6-7-19(17)24-20/h3-7,10-11,13,24H,8-9,12H2,1-2H3. The van der Waals surface area contributed by atoms with Gasteiger partial charge in [-0.3, -0.25) is 4.79 Å². The minimum atomic E-state index is -0.741. The van der Waals surface area contributed by atoms with Crippen LogP contribution in [0.3, 0.4) is 0 Å². The molecule has 1 unspecified atom stereocenters. The van der Waals surface area contributed by atoms with Gasteiger partial charge in [0.25, 0.3) is 5.91 Å². The molecule has 0 saturated heterocycles. The number of rotatable bonds is 4. The zero-order valence-electron chi connectivity index (χ0n) is 16.2. The smallest absolute Gasteiger partial charge is 0.337 e. The Morgan fingerprint density at radius 2 is 2.03 bits per heavy atom. The molecule has 29 heavy (non-hydrogen) atoms. The fourth-order valence-corrected chi connectivity index (χ4v) is 3.70. The van der Waals surface area contributed by atoms with E-state index in [1.165, 1.54) is 19.2 Å². The summed E-state index contributed by atoms with van der Waals surface area (Å²) in [6, 6.07) is 11.1. The van der Waals surface area contributed by atoms with Gasteiger partial charge in [-0.2, -0.15) is 0 Å². The van der Waals surface area contributed by atoms with Crippen LogP contribution in [0, 0.1) is 5.82 Å². The molecule has 0 fully saturated rings. The molecule has 1 atom stereocenters. The molecular weight excluding hydrogens is 375 g/mol. The van der Waals surface area contributed by atoms with E-state index in [-0.39, 0.29) is 5.91 Å². The van der Waals surface area contributed by atoms with Gasteiger partial charge < -0.3 is 19.4 Å². The number of ether oxygens (including phenoxy) is 2. The van der Waals surface area contributed by atoms with Crippen LogP contribution in [0.4, 0.5) is 4.39 Å². The topological polar surface area (TPSA) is 71.6 Å². The van der Waals surface area contributed by atoms with Crippen molar-refractivity contribution in [3.05, 3.63) is 65.1 Å². The van der Waals surface area contributed by atoms with Crippen molar-refractivity contribution in [2.24, 2.45) is 0 Å². The summed E-state index contributed by atoms with van der Waals surface area (Å²) in [5, 5.41) is 0.902. The maximum Gasteiger partial charge on any atom is 0.337 e. The summed E-state index contributed by atoms with van der Waals surface area (Å²) in [5.74, 6) is -0.663. The third kappa shape index (κ3) is 3.68. The summed E-state index contributed by atoms with van der Waals surface area (Å²) in [7, 11) is 1.35. The highest BCUT2D eigenvalue weighted by molar-refractivity contribution is 5.96. The number of amides is 1. The third-order valence-corrected chi connectivity index (χ3v) is 5.16. The predicted molar refractivity (Wildman–Crippen MR) is 105 cm³/mol. The van der Waals surface area contributed by atoms with Crippen LogP contribution in [-0.4, -0.2) is 41.5 Å². The highest BCUT2D eigenvalue weighted by Gasteiger charge is 2.28. The molecule has 0 saturated carbocycles. The van der Waals surface area contributed by atoms with Crippen molar-refractivity contribution in [1.82, 2.24) is 9.88 Å². The number of hydrogen-bond acceptors (Lipinski definition) is 4. The second kappa shape index (κ2) is 7.58. The van der Waals surface area contributed by atoms with Gasteiger partial charge in [-0.1, -0.05) is 6.07 Å². The van der Waals surface area contributed by atoms with Crippen LogP contribution in [0.2, 0.25) is 0 Å². The lowest BCUT2D eigenvalue weighted by atomic mass is 10.0. The van der Waals surface area contributed by atoms with E-state index in [9.17, 15) is 14.0 Å². The number of nitrogens with one attached hydrogen (secondary N) is 1. The van der Waals surface area contributed by atoms with Gasteiger partial charge in [0.1, 0.15) is 11.6 Å². The predicted octanol–water partition coefficient (Wildman–Crippen LogP) is 3.45. The Morgan fingerprint density at radius 3 is 2.79 bits per heavy atom. The molecule has 0 radical (unpaired) electrons. The van der Waals surface area contributed by atoms with Gasteiger partial charge in [-0.25, -0.2) is 9.18 Å². The Labute approximate surface area is 167 Å². The molecule has 0 aliphatic carbocycles. The molecule has 150 valence electrons. The average Bonchev–Trinajstić information content (AvgIpc) is 3.09. The number of aromatic amines is 1. The molecule has 2 aromatic carbocycles. The van der Waals surface area contributed by atoms with Crippen molar-refractivity contribution in [3.8, 4) is 5.75 Å². The SMILES string of the molecule is COC(=O)c1ccc2[nH]c3c(c2c1)CN(C(=O)C(C)Oc1cccc(F)c1)CC3. The van der Waals surface area contributed by atoms with E-state index >= 15 is 0 Å². The molecule has 4 rings (SSSR count). The molecule has 6 nitrogen and oxygen atoms in total. The van der Waals surface area contributed by atoms with Crippen molar-refractivity contribution < 1.29 is 23.5 Å². The molecule has 1 aliphatic heterocycles. The van der Waals surface area contributed by atoms with Crippen LogP contribution >= 0.6 is 0 Å². The lowest BCUT2D eigenvalue weighted by Gasteiger charge is -2.29. The van der Waals surface area contributed by atoms with Crippen molar-refractivity contribution in [1.29, 1.82) is 0 Å². The Balaban J connectivity index is 1.55. The largest absolute Gasteiger partial charge is 0.481 e. The minimum absolute atomic E-state index is 0.168. The van der Waals surface area contributed by atoms with E-state index in [1.807, 2.05) is 6.07 Å². The molecule has 0 spiro atoms. The zero-order valence-corrected chi connectivity index (χ0v) is 16.2. The van der Waals surface area contributed by atoms with E-state index in [2.05, 4.69) is 4.98 Å². The number of benzene rings is 2. The number of esters is 1. The van der Waals surface area contributed by atoms with Crippen molar-refractivity contribution >= 4 is 22.8 Å². The van der Waals surface area contributed by atoms with Gasteiger partial charge in [0.2, 0.25) is 0 Å². The first kappa shape index (κ1) is 19.0. The van der Waals surface area contributed by atoms with Gasteiger partial charge in [0, 0.05) is 47.7 Å². The van der Waals surface area contributed by atoms with Crippen molar-refractivity contribution in [2.45, 2.75) is 26.0 Å². The summed E-state index contributed by atoms with van der Waals surface area (Å²) in [5.41, 5.74) is 3.43. The van der Waals surface area contributed by atoms with Crippen LogP contribution in [-0.2, 0) is 22.5 Å². The van der Waals surface area contributed by atoms with Gasteiger partial charge in [0.15, 0.2) is 6.10 Å². The molecule has 1 aromatic heterocycles. The lowest BCUT2D eigenvalue weighted by molar-refractivity contribution is -0.138. The summed E-state index contributed by atoms with van der Waals surface area (Å²) in [6.45, 7) is 2.63. The van der Waals surface area contributed by atoms with Crippen LogP contribution in [0.25, 0.3) is 10.9 Å². The Morgan fingerprint density at radius 1 is 1.21 bits per heavy atom. The summed E-state index contributed by atoms with van der Waals surface area (Å²) in [4.78, 5) is 29.9. The number of methoxy groups -OCH3 is 1. The Kier molecular flexibility index (Phi) is 4.96. The minimum Gasteiger partial charge on any atom is -0.481 e. The molecule has 2 heterocycles. The number of nitrogens with zero attached hydrogens (tertiary/aromatic N) is 1. The highest BCUT2D eigenvalue weighted by Crippen LogP contribution is 2.29. The van der Waals surface area contributed by atoms with E-state index in [1.54, 1.807) is 36.1 Å². The number of hydrogen-bond donors (Lipinski definition) is 1. The molecule has 1 N–H and O–H groups in total. The monoisotopic (exact) mass is 396 g/mol. The highest BCUT2D eigenvalue weighted by atomic mass is 19.1. The van der Waals surface area contributed by atoms with E-state index in [4.69, 9.17) is 9.47 Å². The van der Waals surface area contributed by atoms with Crippen LogP contribution in [0.15, 0.2) is 42.5 Å². The average molecular weight is 396 g/mol. The first-order valence-corrected chi connectivity index (χ1v) is 9.39. The normalized spacial score (nSPS) is 14.4. The zero-order chi connectivity index (χ0) is 20.5. The number of halogens is 1. The second-order valence-corrected chi connectivity index (χ2v) is 7.06. The molecule has 0 bridgehead atoms. The second-order valence-electron chi connectivity index (χ2n) is 7.06. The third-order valence-electron chi connectivity index (χ3n) is 5.16.